The number of anilines is 1. The molecule has 1 N–H and O–H groups in total. The standard InChI is InChI=1S/C19H29ClN4O4S/c1-14-12-24(13-15(2)28-14)29(26,27)10-7-21-19(25)16-5-8-23(9-6-16)18-4-3-17(20)11-22-18/h3-4,11,14-16H,5-10,12-13H2,1-2H3,(H,21,25). The summed E-state index contributed by atoms with van der Waals surface area (Å²) in [6.07, 6.45) is 2.79. The molecule has 2 aliphatic rings. The maximum Gasteiger partial charge on any atom is 0.223 e. The van der Waals surface area contributed by atoms with E-state index in [4.69, 9.17) is 16.3 Å². The third-order valence-electron chi connectivity index (χ3n) is 5.34. The highest BCUT2D eigenvalue weighted by molar-refractivity contribution is 7.89. The molecular formula is C19H29ClN4O4S. The number of rotatable bonds is 6. The molecule has 2 aliphatic heterocycles. The molecule has 10 heteroatoms. The van der Waals surface area contributed by atoms with Crippen LogP contribution in [0.3, 0.4) is 0 Å². The minimum Gasteiger partial charge on any atom is -0.373 e. The van der Waals surface area contributed by atoms with E-state index < -0.39 is 10.0 Å². The van der Waals surface area contributed by atoms with Gasteiger partial charge in [0, 0.05) is 44.8 Å². The summed E-state index contributed by atoms with van der Waals surface area (Å²) in [5.41, 5.74) is 0. The Morgan fingerprint density at radius 2 is 1.90 bits per heavy atom. The average molecular weight is 445 g/mol. The highest BCUT2D eigenvalue weighted by Gasteiger charge is 2.31. The lowest BCUT2D eigenvalue weighted by molar-refractivity contribution is -0.125. The summed E-state index contributed by atoms with van der Waals surface area (Å²) in [6.45, 7) is 6.04. The summed E-state index contributed by atoms with van der Waals surface area (Å²) < 4.78 is 32.2. The Morgan fingerprint density at radius 1 is 1.24 bits per heavy atom. The average Bonchev–Trinajstić information content (AvgIpc) is 2.68. The molecule has 0 aromatic carbocycles. The number of aromatic nitrogens is 1. The van der Waals surface area contributed by atoms with Gasteiger partial charge in [0.05, 0.1) is 23.0 Å². The van der Waals surface area contributed by atoms with E-state index in [2.05, 4.69) is 15.2 Å². The molecule has 1 amide bonds. The molecule has 0 saturated carbocycles. The normalized spacial score (nSPS) is 24.4. The van der Waals surface area contributed by atoms with E-state index in [1.54, 1.807) is 12.3 Å². The van der Waals surface area contributed by atoms with E-state index in [0.717, 1.165) is 18.9 Å². The first-order valence-corrected chi connectivity index (χ1v) is 12.0. The van der Waals surface area contributed by atoms with Crippen LogP contribution in [0.5, 0.6) is 0 Å². The first-order valence-electron chi connectivity index (χ1n) is 10.0. The van der Waals surface area contributed by atoms with Crippen LogP contribution in [0.2, 0.25) is 5.02 Å². The lowest BCUT2D eigenvalue weighted by Crippen LogP contribution is -2.50. The number of halogens is 1. The van der Waals surface area contributed by atoms with Crippen LogP contribution in [0, 0.1) is 5.92 Å². The number of piperidine rings is 1. The Labute approximate surface area is 177 Å². The van der Waals surface area contributed by atoms with Gasteiger partial charge in [0.1, 0.15) is 5.82 Å². The van der Waals surface area contributed by atoms with Gasteiger partial charge in [-0.05, 0) is 38.8 Å². The highest BCUT2D eigenvalue weighted by Crippen LogP contribution is 2.23. The molecule has 2 unspecified atom stereocenters. The second-order valence-corrected chi connectivity index (χ2v) is 10.3. The Hall–Kier alpha value is -1.42. The van der Waals surface area contributed by atoms with Gasteiger partial charge in [0.2, 0.25) is 15.9 Å². The van der Waals surface area contributed by atoms with Gasteiger partial charge in [-0.1, -0.05) is 11.6 Å². The van der Waals surface area contributed by atoms with Crippen molar-refractivity contribution in [3.63, 3.8) is 0 Å². The minimum absolute atomic E-state index is 0.0763. The molecule has 0 radical (unpaired) electrons. The van der Waals surface area contributed by atoms with Crippen LogP contribution in [0.1, 0.15) is 26.7 Å². The van der Waals surface area contributed by atoms with Gasteiger partial charge in [0.25, 0.3) is 0 Å². The van der Waals surface area contributed by atoms with Crippen molar-refractivity contribution in [1.82, 2.24) is 14.6 Å². The van der Waals surface area contributed by atoms with Crippen LogP contribution in [0.15, 0.2) is 18.3 Å². The molecule has 1 aromatic rings. The minimum atomic E-state index is -3.41. The quantitative estimate of drug-likeness (QED) is 0.715. The number of morpholine rings is 1. The zero-order valence-electron chi connectivity index (χ0n) is 16.9. The SMILES string of the molecule is CC1CN(S(=O)(=O)CCNC(=O)C2CCN(c3ccc(Cl)cn3)CC2)CC(C)O1. The lowest BCUT2D eigenvalue weighted by atomic mass is 9.96. The zero-order valence-corrected chi connectivity index (χ0v) is 18.5. The van der Waals surface area contributed by atoms with Crippen molar-refractivity contribution < 1.29 is 17.9 Å². The van der Waals surface area contributed by atoms with E-state index in [1.807, 2.05) is 19.9 Å². The maximum absolute atomic E-state index is 12.6. The molecule has 3 rings (SSSR count). The number of nitrogens with zero attached hydrogens (tertiary/aromatic N) is 3. The second-order valence-electron chi connectivity index (χ2n) is 7.78. The molecule has 2 saturated heterocycles. The van der Waals surface area contributed by atoms with Crippen LogP contribution in [-0.2, 0) is 19.6 Å². The van der Waals surface area contributed by atoms with Crippen molar-refractivity contribution in [2.75, 3.05) is 43.4 Å². The number of amides is 1. The fourth-order valence-corrected chi connectivity index (χ4v) is 5.46. The molecule has 3 heterocycles. The van der Waals surface area contributed by atoms with Crippen molar-refractivity contribution in [2.45, 2.75) is 38.9 Å². The summed E-state index contributed by atoms with van der Waals surface area (Å²) in [4.78, 5) is 18.9. The third-order valence-corrected chi connectivity index (χ3v) is 7.37. The van der Waals surface area contributed by atoms with Gasteiger partial charge in [0.15, 0.2) is 0 Å². The summed E-state index contributed by atoms with van der Waals surface area (Å²) >= 11 is 5.87. The van der Waals surface area contributed by atoms with Crippen LogP contribution in [-0.4, -0.2) is 74.3 Å². The van der Waals surface area contributed by atoms with Crippen molar-refractivity contribution in [2.24, 2.45) is 5.92 Å². The third kappa shape index (κ3) is 6.04. The van der Waals surface area contributed by atoms with E-state index in [9.17, 15) is 13.2 Å². The number of carbonyl (C=O) groups is 1. The largest absolute Gasteiger partial charge is 0.373 e. The number of hydrogen-bond donors (Lipinski definition) is 1. The molecule has 1 aromatic heterocycles. The number of hydrogen-bond acceptors (Lipinski definition) is 6. The number of pyridine rings is 1. The van der Waals surface area contributed by atoms with Gasteiger partial charge >= 0.3 is 0 Å². The first-order chi connectivity index (χ1) is 13.7. The van der Waals surface area contributed by atoms with Crippen LogP contribution < -0.4 is 10.2 Å². The van der Waals surface area contributed by atoms with Gasteiger partial charge < -0.3 is 15.0 Å². The Bertz CT molecular complexity index is 787. The maximum atomic E-state index is 12.6. The number of nitrogens with one attached hydrogen (secondary N) is 1. The summed E-state index contributed by atoms with van der Waals surface area (Å²) in [6, 6.07) is 3.68. The van der Waals surface area contributed by atoms with Gasteiger partial charge in [-0.15, -0.1) is 0 Å². The summed E-state index contributed by atoms with van der Waals surface area (Å²) in [5, 5.41) is 3.40. The van der Waals surface area contributed by atoms with E-state index in [-0.39, 0.29) is 36.3 Å². The molecule has 2 atom stereocenters. The van der Waals surface area contributed by atoms with Crippen molar-refractivity contribution >= 4 is 33.3 Å². The monoisotopic (exact) mass is 444 g/mol. The molecule has 2 fully saturated rings. The van der Waals surface area contributed by atoms with Gasteiger partial charge in [-0.2, -0.15) is 4.31 Å². The van der Waals surface area contributed by atoms with E-state index in [0.29, 0.717) is 31.0 Å². The van der Waals surface area contributed by atoms with Crippen LogP contribution >= 0.6 is 11.6 Å². The van der Waals surface area contributed by atoms with Gasteiger partial charge in [-0.3, -0.25) is 4.79 Å². The van der Waals surface area contributed by atoms with Gasteiger partial charge in [-0.25, -0.2) is 13.4 Å². The fourth-order valence-electron chi connectivity index (χ4n) is 3.86. The predicted octanol–water partition coefficient (Wildman–Crippen LogP) is 1.51. The van der Waals surface area contributed by atoms with Crippen molar-refractivity contribution in [3.8, 4) is 0 Å². The highest BCUT2D eigenvalue weighted by atomic mass is 35.5. The fraction of sp³-hybridized carbons (Fsp3) is 0.684. The topological polar surface area (TPSA) is 91.8 Å². The number of ether oxygens (including phenoxy) is 1. The molecule has 8 nitrogen and oxygen atoms in total. The Morgan fingerprint density at radius 3 is 2.48 bits per heavy atom. The summed E-state index contributed by atoms with van der Waals surface area (Å²) in [7, 11) is -3.41. The van der Waals surface area contributed by atoms with Crippen molar-refractivity contribution in [3.05, 3.63) is 23.4 Å². The molecule has 0 bridgehead atoms. The summed E-state index contributed by atoms with van der Waals surface area (Å²) in [5.74, 6) is 0.580. The zero-order chi connectivity index (χ0) is 21.0. The Balaban J connectivity index is 1.42. The predicted molar refractivity (Wildman–Crippen MR) is 113 cm³/mol. The van der Waals surface area contributed by atoms with Crippen LogP contribution in [0.4, 0.5) is 5.82 Å². The molecule has 0 spiro atoms. The van der Waals surface area contributed by atoms with E-state index >= 15 is 0 Å². The number of carbonyl (C=O) groups excluding carboxylic acids is 1. The smallest absolute Gasteiger partial charge is 0.223 e. The molecule has 29 heavy (non-hydrogen) atoms. The first kappa shape index (κ1) is 22.3. The van der Waals surface area contributed by atoms with Crippen molar-refractivity contribution in [1.29, 1.82) is 0 Å². The van der Waals surface area contributed by atoms with E-state index in [1.165, 1.54) is 4.31 Å². The van der Waals surface area contributed by atoms with Crippen LogP contribution in [0.25, 0.3) is 0 Å². The Kier molecular flexibility index (Phi) is 7.37. The molecule has 162 valence electrons. The molecule has 0 aliphatic carbocycles. The lowest BCUT2D eigenvalue weighted by Gasteiger charge is -2.34. The second kappa shape index (κ2) is 9.59. The molecular weight excluding hydrogens is 416 g/mol. The number of sulfonamides is 1.